The van der Waals surface area contributed by atoms with E-state index in [0.29, 0.717) is 13.1 Å². The van der Waals surface area contributed by atoms with Crippen molar-refractivity contribution in [1.29, 1.82) is 0 Å². The fraction of sp³-hybridized carbons (Fsp3) is 1.00. The van der Waals surface area contributed by atoms with Gasteiger partial charge in [-0.1, -0.05) is 0 Å². The molecule has 0 aromatic carbocycles. The van der Waals surface area contributed by atoms with Crippen LogP contribution in [0.2, 0.25) is 0 Å². The minimum atomic E-state index is -3.60. The molecule has 6 heteroatoms. The van der Waals surface area contributed by atoms with Crippen LogP contribution in [-0.2, 0) is 14.0 Å². The third kappa shape index (κ3) is 1.60. The standard InChI is InChI=1S/C4H8ClNO3S/c5-9-10(7,8)6-3-1-2-4-6/h1-4H2. The molecule has 0 aromatic heterocycles. The third-order valence-corrected chi connectivity index (χ3v) is 3.10. The highest BCUT2D eigenvalue weighted by molar-refractivity contribution is 7.85. The molecule has 0 unspecified atom stereocenters. The van der Waals surface area contributed by atoms with Gasteiger partial charge >= 0.3 is 10.3 Å². The lowest BCUT2D eigenvalue weighted by Gasteiger charge is -2.09. The normalized spacial score (nSPS) is 21.7. The van der Waals surface area contributed by atoms with E-state index in [1.807, 2.05) is 0 Å². The number of rotatable bonds is 2. The molecule has 1 aliphatic heterocycles. The molecule has 60 valence electrons. The number of halogens is 1. The summed E-state index contributed by atoms with van der Waals surface area (Å²) in [6, 6.07) is 0. The van der Waals surface area contributed by atoms with E-state index in [4.69, 9.17) is 11.9 Å². The third-order valence-electron chi connectivity index (χ3n) is 1.46. The van der Waals surface area contributed by atoms with Gasteiger partial charge in [-0.15, -0.1) is 3.74 Å². The van der Waals surface area contributed by atoms with Crippen LogP contribution in [0.15, 0.2) is 0 Å². The first-order valence-corrected chi connectivity index (χ1v) is 4.64. The van der Waals surface area contributed by atoms with E-state index >= 15 is 0 Å². The molecule has 4 nitrogen and oxygen atoms in total. The molecule has 0 bridgehead atoms. The van der Waals surface area contributed by atoms with Gasteiger partial charge in [-0.05, 0) is 12.8 Å². The van der Waals surface area contributed by atoms with Gasteiger partial charge in [0.1, 0.15) is 0 Å². The first kappa shape index (κ1) is 8.26. The smallest absolute Gasteiger partial charge is 0.180 e. The number of nitrogens with zero attached hydrogens (tertiary/aromatic N) is 1. The van der Waals surface area contributed by atoms with Crippen molar-refractivity contribution >= 4 is 22.2 Å². The SMILES string of the molecule is O=S(=O)(OCl)N1CCCC1. The van der Waals surface area contributed by atoms with E-state index in [-0.39, 0.29) is 0 Å². The predicted molar refractivity (Wildman–Crippen MR) is 36.7 cm³/mol. The second-order valence-electron chi connectivity index (χ2n) is 2.13. The Hall–Kier alpha value is 0.160. The van der Waals surface area contributed by atoms with Crippen molar-refractivity contribution in [3.05, 3.63) is 0 Å². The van der Waals surface area contributed by atoms with Crippen molar-refractivity contribution in [3.8, 4) is 0 Å². The summed E-state index contributed by atoms with van der Waals surface area (Å²) in [7, 11) is -3.60. The van der Waals surface area contributed by atoms with Crippen LogP contribution in [0.3, 0.4) is 0 Å². The van der Waals surface area contributed by atoms with Gasteiger partial charge in [-0.3, -0.25) is 0 Å². The Morgan fingerprint density at radius 3 is 2.20 bits per heavy atom. The molecule has 10 heavy (non-hydrogen) atoms. The fourth-order valence-corrected chi connectivity index (χ4v) is 1.98. The van der Waals surface area contributed by atoms with Crippen molar-refractivity contribution in [2.45, 2.75) is 12.8 Å². The Kier molecular flexibility index (Phi) is 2.51. The van der Waals surface area contributed by atoms with Crippen LogP contribution in [0.25, 0.3) is 0 Å². The van der Waals surface area contributed by atoms with E-state index in [0.717, 1.165) is 12.8 Å². The van der Waals surface area contributed by atoms with Crippen LogP contribution in [-0.4, -0.2) is 25.8 Å². The summed E-state index contributed by atoms with van der Waals surface area (Å²) < 4.78 is 26.6. The lowest BCUT2D eigenvalue weighted by molar-refractivity contribution is 0.408. The van der Waals surface area contributed by atoms with Crippen molar-refractivity contribution in [3.63, 3.8) is 0 Å². The molecule has 1 rings (SSSR count). The average molecular weight is 186 g/mol. The first-order valence-electron chi connectivity index (χ1n) is 2.97. The van der Waals surface area contributed by atoms with Gasteiger partial charge in [0.05, 0.1) is 11.9 Å². The summed E-state index contributed by atoms with van der Waals surface area (Å²) in [5, 5.41) is 0. The van der Waals surface area contributed by atoms with Gasteiger partial charge in [0.2, 0.25) is 0 Å². The van der Waals surface area contributed by atoms with Crippen LogP contribution in [0.5, 0.6) is 0 Å². The number of hydrogen-bond acceptors (Lipinski definition) is 3. The van der Waals surface area contributed by atoms with E-state index in [1.54, 1.807) is 0 Å². The second kappa shape index (κ2) is 3.04. The number of hydrogen-bond donors (Lipinski definition) is 0. The maximum absolute atomic E-state index is 10.8. The van der Waals surface area contributed by atoms with Crippen molar-refractivity contribution in [1.82, 2.24) is 4.31 Å². The van der Waals surface area contributed by atoms with Gasteiger partial charge < -0.3 is 0 Å². The Morgan fingerprint density at radius 1 is 1.30 bits per heavy atom. The molecule has 0 aromatic rings. The van der Waals surface area contributed by atoms with Gasteiger partial charge in [-0.25, -0.2) is 0 Å². The zero-order chi connectivity index (χ0) is 7.61. The minimum Gasteiger partial charge on any atom is -0.180 e. The highest BCUT2D eigenvalue weighted by Gasteiger charge is 2.25. The predicted octanol–water partition coefficient (Wildman–Crippen LogP) is 0.497. The zero-order valence-corrected chi connectivity index (χ0v) is 6.86. The van der Waals surface area contributed by atoms with E-state index in [9.17, 15) is 8.42 Å². The van der Waals surface area contributed by atoms with Crippen molar-refractivity contribution in [2.75, 3.05) is 13.1 Å². The summed E-state index contributed by atoms with van der Waals surface area (Å²) in [6.07, 6.45) is 1.78. The molecular formula is C4H8ClNO3S. The molecule has 1 fully saturated rings. The van der Waals surface area contributed by atoms with Crippen LogP contribution < -0.4 is 0 Å². The lowest BCUT2D eigenvalue weighted by Crippen LogP contribution is -2.27. The molecule has 1 aliphatic rings. The molecule has 0 N–H and O–H groups in total. The van der Waals surface area contributed by atoms with Crippen molar-refractivity contribution < 1.29 is 12.2 Å². The van der Waals surface area contributed by atoms with Crippen LogP contribution in [0, 0.1) is 0 Å². The largest absolute Gasteiger partial charge is 0.354 e. The summed E-state index contributed by atoms with van der Waals surface area (Å²) >= 11 is 4.74. The highest BCUT2D eigenvalue weighted by atomic mass is 35.5. The summed E-state index contributed by atoms with van der Waals surface area (Å²) in [5.74, 6) is 0. The molecule has 0 saturated carbocycles. The van der Waals surface area contributed by atoms with E-state index < -0.39 is 10.3 Å². The van der Waals surface area contributed by atoms with Gasteiger partial charge in [0.25, 0.3) is 0 Å². The first-order chi connectivity index (χ1) is 4.67. The minimum absolute atomic E-state index is 0.523. The maximum atomic E-state index is 10.8. The van der Waals surface area contributed by atoms with Gasteiger partial charge in [0, 0.05) is 13.1 Å². The lowest BCUT2D eigenvalue weighted by atomic mass is 10.4. The zero-order valence-electron chi connectivity index (χ0n) is 5.29. The molecule has 0 spiro atoms. The van der Waals surface area contributed by atoms with Crippen LogP contribution >= 0.6 is 11.9 Å². The maximum Gasteiger partial charge on any atom is 0.354 e. The van der Waals surface area contributed by atoms with Crippen LogP contribution in [0.1, 0.15) is 12.8 Å². The highest BCUT2D eigenvalue weighted by Crippen LogP contribution is 2.14. The summed E-state index contributed by atoms with van der Waals surface area (Å²) in [4.78, 5) is 0. The topological polar surface area (TPSA) is 46.6 Å². The average Bonchev–Trinajstić information content (AvgIpc) is 2.38. The van der Waals surface area contributed by atoms with E-state index in [1.165, 1.54) is 4.31 Å². The molecule has 1 heterocycles. The molecular weight excluding hydrogens is 178 g/mol. The van der Waals surface area contributed by atoms with Crippen molar-refractivity contribution in [2.24, 2.45) is 0 Å². The van der Waals surface area contributed by atoms with E-state index in [2.05, 4.69) is 3.74 Å². The quantitative estimate of drug-likeness (QED) is 0.630. The summed E-state index contributed by atoms with van der Waals surface area (Å²) in [5.41, 5.74) is 0. The molecule has 1 saturated heterocycles. The Bertz CT molecular complexity index is 197. The second-order valence-corrected chi connectivity index (χ2v) is 4.00. The van der Waals surface area contributed by atoms with Crippen LogP contribution in [0.4, 0.5) is 0 Å². The fourth-order valence-electron chi connectivity index (χ4n) is 0.952. The Labute approximate surface area is 65.1 Å². The molecule has 0 aliphatic carbocycles. The Morgan fingerprint density at radius 2 is 1.80 bits per heavy atom. The molecule has 0 amide bonds. The van der Waals surface area contributed by atoms with Gasteiger partial charge in [-0.2, -0.15) is 12.7 Å². The molecule has 0 radical (unpaired) electrons. The van der Waals surface area contributed by atoms with Gasteiger partial charge in [0.15, 0.2) is 0 Å². The summed E-state index contributed by atoms with van der Waals surface area (Å²) in [6.45, 7) is 1.05. The monoisotopic (exact) mass is 185 g/mol. The Balaban J connectivity index is 2.63. The molecule has 0 atom stereocenters.